The fourth-order valence-corrected chi connectivity index (χ4v) is 4.37. The molecule has 4 rings (SSSR count). The predicted molar refractivity (Wildman–Crippen MR) is 143 cm³/mol. The van der Waals surface area contributed by atoms with E-state index in [1.807, 2.05) is 35.2 Å². The van der Waals surface area contributed by atoms with Crippen LogP contribution in [-0.4, -0.2) is 62.2 Å². The average Bonchev–Trinajstić information content (AvgIpc) is 3.17. The molecule has 2 unspecified atom stereocenters. The number of para-hydroxylation sites is 1. The fourth-order valence-electron chi connectivity index (χ4n) is 4.37. The summed E-state index contributed by atoms with van der Waals surface area (Å²) in [5.41, 5.74) is 3.46. The van der Waals surface area contributed by atoms with Crippen LogP contribution in [0.1, 0.15) is 24.5 Å². The van der Waals surface area contributed by atoms with Crippen LogP contribution in [-0.2, 0) is 22.6 Å². The van der Waals surface area contributed by atoms with Gasteiger partial charge in [0.05, 0.1) is 18.8 Å². The normalized spacial score (nSPS) is 21.6. The van der Waals surface area contributed by atoms with Crippen molar-refractivity contribution in [1.82, 2.24) is 15.5 Å². The highest BCUT2D eigenvalue weighted by Gasteiger charge is 2.31. The summed E-state index contributed by atoms with van der Waals surface area (Å²) >= 11 is 0. The minimum absolute atomic E-state index is 0. The van der Waals surface area contributed by atoms with Gasteiger partial charge in [-0.1, -0.05) is 42.5 Å². The van der Waals surface area contributed by atoms with E-state index < -0.39 is 0 Å². The Morgan fingerprint density at radius 3 is 2.67 bits per heavy atom. The van der Waals surface area contributed by atoms with Crippen LogP contribution in [0.15, 0.2) is 59.6 Å². The van der Waals surface area contributed by atoms with E-state index in [1.165, 1.54) is 11.1 Å². The minimum atomic E-state index is 0. The van der Waals surface area contributed by atoms with E-state index >= 15 is 0 Å². The molecule has 2 saturated heterocycles. The molecule has 1 amide bonds. The molecule has 0 aliphatic carbocycles. The second-order valence-electron chi connectivity index (χ2n) is 8.55. The second kappa shape index (κ2) is 12.3. The molecule has 0 aromatic heterocycles. The van der Waals surface area contributed by atoms with Crippen molar-refractivity contribution in [2.45, 2.75) is 38.6 Å². The topological polar surface area (TPSA) is 69.2 Å². The first-order chi connectivity index (χ1) is 15.6. The first-order valence-corrected chi connectivity index (χ1v) is 11.3. The number of rotatable bonds is 6. The number of nitrogens with one attached hydrogen (secondary N) is 2. The summed E-state index contributed by atoms with van der Waals surface area (Å²) in [6.07, 6.45) is 0.756. The van der Waals surface area contributed by atoms with E-state index in [1.54, 1.807) is 7.05 Å². The van der Waals surface area contributed by atoms with Crippen molar-refractivity contribution >= 4 is 41.5 Å². The van der Waals surface area contributed by atoms with Crippen LogP contribution in [0, 0.1) is 0 Å². The zero-order chi connectivity index (χ0) is 22.3. The average molecular weight is 563 g/mol. The predicted octanol–water partition coefficient (Wildman–Crippen LogP) is 3.00. The van der Waals surface area contributed by atoms with E-state index in [9.17, 15) is 4.79 Å². The lowest BCUT2D eigenvalue weighted by molar-refractivity contribution is -0.117. The maximum atomic E-state index is 12.5. The molecule has 2 atom stereocenters. The molecule has 7 nitrogen and oxygen atoms in total. The number of carbonyl (C=O) groups is 1. The fraction of sp³-hybridized carbons (Fsp3) is 0.440. The van der Waals surface area contributed by atoms with Crippen molar-refractivity contribution in [2.75, 3.05) is 38.2 Å². The van der Waals surface area contributed by atoms with Crippen molar-refractivity contribution in [2.24, 2.45) is 4.99 Å². The third kappa shape index (κ3) is 7.15. The molecule has 2 aliphatic heterocycles. The number of nitrogens with zero attached hydrogens (tertiary/aromatic N) is 3. The molecule has 2 aromatic carbocycles. The van der Waals surface area contributed by atoms with Gasteiger partial charge in [-0.05, 0) is 30.2 Å². The molecule has 0 saturated carbocycles. The highest BCUT2D eigenvalue weighted by molar-refractivity contribution is 14.0. The van der Waals surface area contributed by atoms with Gasteiger partial charge in [-0.2, -0.15) is 0 Å². The molecule has 0 spiro atoms. The van der Waals surface area contributed by atoms with Crippen molar-refractivity contribution in [3.63, 3.8) is 0 Å². The first-order valence-electron chi connectivity index (χ1n) is 11.3. The lowest BCUT2D eigenvalue weighted by Crippen LogP contribution is -2.44. The number of ether oxygens (including phenoxy) is 1. The molecule has 2 N–H and O–H groups in total. The number of amides is 1. The molecule has 2 aliphatic rings. The molecule has 33 heavy (non-hydrogen) atoms. The van der Waals surface area contributed by atoms with Gasteiger partial charge in [0, 0.05) is 51.9 Å². The van der Waals surface area contributed by atoms with Gasteiger partial charge in [-0.25, -0.2) is 0 Å². The van der Waals surface area contributed by atoms with Crippen LogP contribution in [0.3, 0.4) is 0 Å². The number of guanidine groups is 1. The smallest absolute Gasteiger partial charge is 0.229 e. The molecule has 2 aromatic rings. The number of halogens is 1. The highest BCUT2D eigenvalue weighted by Crippen LogP contribution is 2.21. The van der Waals surface area contributed by atoms with Gasteiger partial charge < -0.3 is 20.3 Å². The third-order valence-corrected chi connectivity index (χ3v) is 5.94. The number of benzene rings is 2. The molecular weight excluding hydrogens is 529 g/mol. The molecule has 2 fully saturated rings. The van der Waals surface area contributed by atoms with Gasteiger partial charge in [0.2, 0.25) is 5.91 Å². The third-order valence-electron chi connectivity index (χ3n) is 5.94. The standard InChI is InChI=1S/C25H33N5O2.HI/c1-19-16-29(11-12-32-19)17-21-8-6-7-20(13-21)15-27-25(26-2)28-22-14-24(31)30(18-22)23-9-4-3-5-10-23;/h3-10,13,19,22H,11-12,14-18H2,1-2H3,(H2,26,27,28);1H. The number of carbonyl (C=O) groups excluding carboxylic acids is 1. The molecule has 178 valence electrons. The first kappa shape index (κ1) is 25.5. The summed E-state index contributed by atoms with van der Waals surface area (Å²) < 4.78 is 5.64. The highest BCUT2D eigenvalue weighted by atomic mass is 127. The van der Waals surface area contributed by atoms with E-state index in [-0.39, 0.29) is 35.9 Å². The van der Waals surface area contributed by atoms with Gasteiger partial charge in [-0.3, -0.25) is 14.7 Å². The monoisotopic (exact) mass is 563 g/mol. The van der Waals surface area contributed by atoms with Gasteiger partial charge in [0.15, 0.2) is 5.96 Å². The zero-order valence-electron chi connectivity index (χ0n) is 19.4. The maximum Gasteiger partial charge on any atom is 0.229 e. The minimum Gasteiger partial charge on any atom is -0.376 e. The van der Waals surface area contributed by atoms with Crippen LogP contribution >= 0.6 is 24.0 Å². The van der Waals surface area contributed by atoms with Crippen LogP contribution in [0.5, 0.6) is 0 Å². The van der Waals surface area contributed by atoms with Crippen LogP contribution in [0.25, 0.3) is 0 Å². The van der Waals surface area contributed by atoms with Crippen molar-refractivity contribution < 1.29 is 9.53 Å². The molecule has 0 radical (unpaired) electrons. The lowest BCUT2D eigenvalue weighted by atomic mass is 10.1. The van der Waals surface area contributed by atoms with E-state index in [4.69, 9.17) is 4.74 Å². The summed E-state index contributed by atoms with van der Waals surface area (Å²) in [6.45, 7) is 7.13. The summed E-state index contributed by atoms with van der Waals surface area (Å²) in [7, 11) is 1.76. The van der Waals surface area contributed by atoms with Gasteiger partial charge in [-0.15, -0.1) is 24.0 Å². The van der Waals surface area contributed by atoms with Gasteiger partial charge >= 0.3 is 0 Å². The number of aliphatic imine (C=N–C) groups is 1. The Hall–Kier alpha value is -2.17. The Balaban J connectivity index is 0.00000306. The second-order valence-corrected chi connectivity index (χ2v) is 8.55. The number of morpholine rings is 1. The van der Waals surface area contributed by atoms with Crippen LogP contribution < -0.4 is 15.5 Å². The largest absolute Gasteiger partial charge is 0.376 e. The Bertz CT molecular complexity index is 939. The Morgan fingerprint density at radius 2 is 1.91 bits per heavy atom. The number of hydrogen-bond acceptors (Lipinski definition) is 4. The van der Waals surface area contributed by atoms with Crippen molar-refractivity contribution in [3.05, 3.63) is 65.7 Å². The van der Waals surface area contributed by atoms with Crippen LogP contribution in [0.4, 0.5) is 5.69 Å². The number of anilines is 1. The summed E-state index contributed by atoms with van der Waals surface area (Å²) in [5, 5.41) is 6.80. The Labute approximate surface area is 213 Å². The molecule has 8 heteroatoms. The Morgan fingerprint density at radius 1 is 1.12 bits per heavy atom. The quantitative estimate of drug-likeness (QED) is 0.322. The summed E-state index contributed by atoms with van der Waals surface area (Å²) in [4.78, 5) is 21.1. The maximum absolute atomic E-state index is 12.5. The summed E-state index contributed by atoms with van der Waals surface area (Å²) in [6, 6.07) is 18.5. The van der Waals surface area contributed by atoms with E-state index in [2.05, 4.69) is 51.7 Å². The van der Waals surface area contributed by atoms with Gasteiger partial charge in [0.25, 0.3) is 0 Å². The molecule has 2 heterocycles. The molecular formula is C25H34IN5O2. The van der Waals surface area contributed by atoms with E-state index in [0.29, 0.717) is 31.6 Å². The SMILES string of the molecule is CN=C(NCc1cccc(CN2CCOC(C)C2)c1)NC1CC(=O)N(c2ccccc2)C1.I. The van der Waals surface area contributed by atoms with Crippen molar-refractivity contribution in [1.29, 1.82) is 0 Å². The van der Waals surface area contributed by atoms with Crippen LogP contribution in [0.2, 0.25) is 0 Å². The molecule has 0 bridgehead atoms. The van der Waals surface area contributed by atoms with Crippen molar-refractivity contribution in [3.8, 4) is 0 Å². The zero-order valence-corrected chi connectivity index (χ0v) is 21.7. The Kier molecular flexibility index (Phi) is 9.52. The number of hydrogen-bond donors (Lipinski definition) is 2. The van der Waals surface area contributed by atoms with Gasteiger partial charge in [0.1, 0.15) is 0 Å². The lowest BCUT2D eigenvalue weighted by Gasteiger charge is -2.31. The summed E-state index contributed by atoms with van der Waals surface area (Å²) in [5.74, 6) is 0.847. The van der Waals surface area contributed by atoms with E-state index in [0.717, 1.165) is 31.9 Å².